The summed E-state index contributed by atoms with van der Waals surface area (Å²) in [5, 5.41) is 0. The van der Waals surface area contributed by atoms with E-state index in [1.165, 1.54) is 5.57 Å². The number of ether oxygens (including phenoxy) is 1. The Morgan fingerprint density at radius 3 is 2.50 bits per heavy atom. The molecule has 1 heteroatoms. The summed E-state index contributed by atoms with van der Waals surface area (Å²) in [5.41, 5.74) is 1.39. The van der Waals surface area contributed by atoms with E-state index in [2.05, 4.69) is 26.8 Å². The van der Waals surface area contributed by atoms with Gasteiger partial charge in [0.2, 0.25) is 0 Å². The first kappa shape index (κ1) is 9.70. The molecule has 1 unspecified atom stereocenters. The van der Waals surface area contributed by atoms with Crippen molar-refractivity contribution in [1.82, 2.24) is 0 Å². The van der Waals surface area contributed by atoms with Gasteiger partial charge in [0.15, 0.2) is 0 Å². The lowest BCUT2D eigenvalue weighted by atomic mass is 10.2. The van der Waals surface area contributed by atoms with Gasteiger partial charge in [0.1, 0.15) is 0 Å². The molecule has 0 heterocycles. The standard InChI is InChI=1S/C9H18O/c1-8(2)6-5-7-9(3)10-4/h6,9H,5,7H2,1-4H3. The van der Waals surface area contributed by atoms with Crippen molar-refractivity contribution < 1.29 is 4.74 Å². The lowest BCUT2D eigenvalue weighted by Crippen LogP contribution is -2.02. The second-order valence-corrected chi connectivity index (χ2v) is 2.91. The summed E-state index contributed by atoms with van der Waals surface area (Å²) in [6, 6.07) is 0. The van der Waals surface area contributed by atoms with Gasteiger partial charge in [0, 0.05) is 7.11 Å². The van der Waals surface area contributed by atoms with E-state index in [1.807, 2.05) is 0 Å². The number of allylic oxidation sites excluding steroid dienone is 2. The Kier molecular flexibility index (Phi) is 5.32. The maximum absolute atomic E-state index is 5.10. The van der Waals surface area contributed by atoms with Crippen LogP contribution in [-0.2, 0) is 4.74 Å². The zero-order valence-electron chi connectivity index (χ0n) is 7.48. The molecule has 0 saturated heterocycles. The normalized spacial score (nSPS) is 12.8. The topological polar surface area (TPSA) is 9.23 Å². The van der Waals surface area contributed by atoms with E-state index in [-0.39, 0.29) is 0 Å². The molecule has 0 saturated carbocycles. The maximum Gasteiger partial charge on any atom is 0.0546 e. The summed E-state index contributed by atoms with van der Waals surface area (Å²) in [6.07, 6.45) is 4.91. The number of hydrogen-bond donors (Lipinski definition) is 0. The summed E-state index contributed by atoms with van der Waals surface area (Å²) in [4.78, 5) is 0. The van der Waals surface area contributed by atoms with Gasteiger partial charge in [-0.15, -0.1) is 0 Å². The smallest absolute Gasteiger partial charge is 0.0546 e. The van der Waals surface area contributed by atoms with E-state index in [0.717, 1.165) is 12.8 Å². The van der Waals surface area contributed by atoms with Gasteiger partial charge in [-0.3, -0.25) is 0 Å². The first-order valence-electron chi connectivity index (χ1n) is 3.83. The zero-order valence-corrected chi connectivity index (χ0v) is 7.48. The van der Waals surface area contributed by atoms with Crippen LogP contribution in [-0.4, -0.2) is 13.2 Å². The molecule has 0 bridgehead atoms. The van der Waals surface area contributed by atoms with E-state index < -0.39 is 0 Å². The molecule has 0 aromatic carbocycles. The monoisotopic (exact) mass is 142 g/mol. The molecule has 0 N–H and O–H groups in total. The fourth-order valence-electron chi connectivity index (χ4n) is 0.725. The molecule has 1 atom stereocenters. The summed E-state index contributed by atoms with van der Waals surface area (Å²) < 4.78 is 5.10. The molecule has 1 nitrogen and oxygen atoms in total. The van der Waals surface area contributed by atoms with E-state index >= 15 is 0 Å². The van der Waals surface area contributed by atoms with Crippen molar-refractivity contribution in [3.05, 3.63) is 11.6 Å². The molecule has 0 aliphatic rings. The van der Waals surface area contributed by atoms with Crippen LogP contribution in [0.2, 0.25) is 0 Å². The number of rotatable bonds is 4. The van der Waals surface area contributed by atoms with Crippen molar-refractivity contribution in [2.24, 2.45) is 0 Å². The molecule has 0 aliphatic carbocycles. The molecule has 0 aromatic heterocycles. The Morgan fingerprint density at radius 1 is 1.50 bits per heavy atom. The van der Waals surface area contributed by atoms with Gasteiger partial charge in [-0.2, -0.15) is 0 Å². The molecule has 0 aromatic rings. The van der Waals surface area contributed by atoms with Crippen molar-refractivity contribution in [3.8, 4) is 0 Å². The predicted molar refractivity (Wildman–Crippen MR) is 45.1 cm³/mol. The summed E-state index contributed by atoms with van der Waals surface area (Å²) in [5.74, 6) is 0. The quantitative estimate of drug-likeness (QED) is 0.548. The van der Waals surface area contributed by atoms with Crippen molar-refractivity contribution in [2.45, 2.75) is 39.7 Å². The van der Waals surface area contributed by atoms with Gasteiger partial charge >= 0.3 is 0 Å². The average molecular weight is 142 g/mol. The van der Waals surface area contributed by atoms with Gasteiger partial charge in [-0.05, 0) is 33.6 Å². The lowest BCUT2D eigenvalue weighted by Gasteiger charge is -2.05. The minimum absolute atomic E-state index is 0.399. The van der Waals surface area contributed by atoms with Crippen LogP contribution in [0.3, 0.4) is 0 Å². The van der Waals surface area contributed by atoms with Crippen LogP contribution in [0.1, 0.15) is 33.6 Å². The van der Waals surface area contributed by atoms with Crippen LogP contribution in [0.15, 0.2) is 11.6 Å². The van der Waals surface area contributed by atoms with E-state index in [0.29, 0.717) is 6.10 Å². The third kappa shape index (κ3) is 5.83. The summed E-state index contributed by atoms with van der Waals surface area (Å²) in [7, 11) is 1.76. The van der Waals surface area contributed by atoms with Crippen molar-refractivity contribution in [3.63, 3.8) is 0 Å². The highest BCUT2D eigenvalue weighted by molar-refractivity contribution is 4.92. The van der Waals surface area contributed by atoms with E-state index in [1.54, 1.807) is 7.11 Å². The SMILES string of the molecule is COC(C)CCC=C(C)C. The lowest BCUT2D eigenvalue weighted by molar-refractivity contribution is 0.112. The second-order valence-electron chi connectivity index (χ2n) is 2.91. The van der Waals surface area contributed by atoms with Gasteiger partial charge in [0.25, 0.3) is 0 Å². The predicted octanol–water partition coefficient (Wildman–Crippen LogP) is 2.77. The van der Waals surface area contributed by atoms with Gasteiger partial charge < -0.3 is 4.74 Å². The Morgan fingerprint density at radius 2 is 2.10 bits per heavy atom. The maximum atomic E-state index is 5.10. The van der Waals surface area contributed by atoms with Crippen LogP contribution in [0.25, 0.3) is 0 Å². The van der Waals surface area contributed by atoms with Crippen molar-refractivity contribution in [2.75, 3.05) is 7.11 Å². The molecule has 0 fully saturated rings. The number of methoxy groups -OCH3 is 1. The van der Waals surface area contributed by atoms with Gasteiger partial charge in [-0.1, -0.05) is 11.6 Å². The fraction of sp³-hybridized carbons (Fsp3) is 0.778. The fourth-order valence-corrected chi connectivity index (χ4v) is 0.725. The third-order valence-electron chi connectivity index (χ3n) is 1.53. The molecule has 60 valence electrons. The summed E-state index contributed by atoms with van der Waals surface area (Å²) in [6.45, 7) is 6.34. The van der Waals surface area contributed by atoms with E-state index in [4.69, 9.17) is 4.74 Å². The minimum atomic E-state index is 0.399. The van der Waals surface area contributed by atoms with Crippen LogP contribution in [0.5, 0.6) is 0 Å². The largest absolute Gasteiger partial charge is 0.382 e. The van der Waals surface area contributed by atoms with Crippen LogP contribution in [0.4, 0.5) is 0 Å². The molecular formula is C9H18O. The second kappa shape index (κ2) is 5.48. The number of hydrogen-bond acceptors (Lipinski definition) is 1. The molecule has 0 amide bonds. The Bertz CT molecular complexity index is 101. The molecule has 0 spiro atoms. The third-order valence-corrected chi connectivity index (χ3v) is 1.53. The zero-order chi connectivity index (χ0) is 7.98. The van der Waals surface area contributed by atoms with Crippen molar-refractivity contribution >= 4 is 0 Å². The minimum Gasteiger partial charge on any atom is -0.382 e. The summed E-state index contributed by atoms with van der Waals surface area (Å²) >= 11 is 0. The molecular weight excluding hydrogens is 124 g/mol. The molecule has 10 heavy (non-hydrogen) atoms. The first-order chi connectivity index (χ1) is 4.66. The Hall–Kier alpha value is -0.300. The van der Waals surface area contributed by atoms with Gasteiger partial charge in [0.05, 0.1) is 6.10 Å². The molecule has 0 rings (SSSR count). The molecule has 0 radical (unpaired) electrons. The van der Waals surface area contributed by atoms with Crippen LogP contribution in [0, 0.1) is 0 Å². The highest BCUT2D eigenvalue weighted by atomic mass is 16.5. The average Bonchev–Trinajstić information content (AvgIpc) is 1.87. The van der Waals surface area contributed by atoms with Crippen LogP contribution >= 0.6 is 0 Å². The highest BCUT2D eigenvalue weighted by Crippen LogP contribution is 2.02. The first-order valence-corrected chi connectivity index (χ1v) is 3.83. The van der Waals surface area contributed by atoms with E-state index in [9.17, 15) is 0 Å². The van der Waals surface area contributed by atoms with Crippen molar-refractivity contribution in [1.29, 1.82) is 0 Å². The van der Waals surface area contributed by atoms with Gasteiger partial charge in [-0.25, -0.2) is 0 Å². The van der Waals surface area contributed by atoms with Crippen LogP contribution < -0.4 is 0 Å². The Balaban J connectivity index is 3.28. The molecule has 0 aliphatic heterocycles. The highest BCUT2D eigenvalue weighted by Gasteiger charge is 1.95. The Labute approximate surface area is 64.1 Å².